The summed E-state index contributed by atoms with van der Waals surface area (Å²) in [5.74, 6) is -1.68. The lowest BCUT2D eigenvalue weighted by molar-refractivity contribution is -0.139. The molecule has 31 heavy (non-hydrogen) atoms. The molecule has 3 aromatic rings. The maximum Gasteiger partial charge on any atom is 0.407 e. The predicted octanol–water partition coefficient (Wildman–Crippen LogP) is 4.49. The summed E-state index contributed by atoms with van der Waals surface area (Å²) in [6.07, 6.45) is -0.778. The van der Waals surface area contributed by atoms with Gasteiger partial charge in [-0.1, -0.05) is 67.6 Å². The fourth-order valence-electron chi connectivity index (χ4n) is 4.14. The second-order valence-electron chi connectivity index (χ2n) is 7.67. The lowest BCUT2D eigenvalue weighted by Crippen LogP contribution is -2.44. The average Bonchev–Trinajstić information content (AvgIpc) is 3.10. The number of ether oxygens (including phenoxy) is 1. The second-order valence-corrected chi connectivity index (χ2v) is 7.67. The number of rotatable bonds is 6. The number of nitrogens with one attached hydrogen (secondary N) is 1. The molecule has 0 saturated carbocycles. The maximum atomic E-state index is 12.5. The lowest BCUT2D eigenvalue weighted by atomic mass is 9.93. The zero-order chi connectivity index (χ0) is 22.0. The van der Waals surface area contributed by atoms with Gasteiger partial charge in [-0.05, 0) is 39.9 Å². The Morgan fingerprint density at radius 3 is 2.03 bits per heavy atom. The van der Waals surface area contributed by atoms with E-state index in [1.807, 2.05) is 48.5 Å². The van der Waals surface area contributed by atoms with Crippen molar-refractivity contribution in [2.45, 2.75) is 24.8 Å². The van der Waals surface area contributed by atoms with Gasteiger partial charge in [0.05, 0.1) is 0 Å². The zero-order valence-electron chi connectivity index (χ0n) is 17.0. The number of phenolic OH excluding ortho intramolecular Hbond substituents is 1. The van der Waals surface area contributed by atoms with E-state index < -0.39 is 24.0 Å². The molecular formula is C25H23NO5. The van der Waals surface area contributed by atoms with Crippen LogP contribution in [0.25, 0.3) is 11.1 Å². The Morgan fingerprint density at radius 1 is 0.935 bits per heavy atom. The molecule has 0 heterocycles. The Balaban J connectivity index is 1.46. The Morgan fingerprint density at radius 2 is 1.48 bits per heavy atom. The van der Waals surface area contributed by atoms with Crippen LogP contribution in [0.2, 0.25) is 0 Å². The molecule has 0 spiro atoms. The topological polar surface area (TPSA) is 95.9 Å². The molecule has 158 valence electrons. The van der Waals surface area contributed by atoms with Crippen LogP contribution in [0, 0.1) is 0 Å². The summed E-state index contributed by atoms with van der Waals surface area (Å²) in [4.78, 5) is 24.3. The van der Waals surface area contributed by atoms with Gasteiger partial charge in [0.15, 0.2) is 0 Å². The minimum atomic E-state index is -1.17. The Hall–Kier alpha value is -3.80. The number of alkyl carbamates (subject to hydrolysis) is 1. The van der Waals surface area contributed by atoms with Gasteiger partial charge in [0, 0.05) is 11.8 Å². The van der Waals surface area contributed by atoms with E-state index >= 15 is 0 Å². The van der Waals surface area contributed by atoms with Gasteiger partial charge < -0.3 is 20.3 Å². The standard InChI is InChI=1S/C25H23NO5/c1-15(16-10-12-17(27)13-11-16)23(24(28)29)26-25(30)31-14-22-20-8-4-2-6-18(20)19-7-3-5-9-21(19)22/h2-13,15,22-23,27H,14H2,1H3,(H,26,30)(H,28,29)/t15-,23?/m1/s1. The van der Waals surface area contributed by atoms with Crippen molar-refractivity contribution in [3.8, 4) is 16.9 Å². The van der Waals surface area contributed by atoms with Crippen LogP contribution in [-0.4, -0.2) is 34.9 Å². The fourth-order valence-corrected chi connectivity index (χ4v) is 4.14. The predicted molar refractivity (Wildman–Crippen MR) is 116 cm³/mol. The SMILES string of the molecule is C[C@H](c1ccc(O)cc1)C(NC(=O)OCC1c2ccccc2-c2ccccc21)C(=O)O. The highest BCUT2D eigenvalue weighted by molar-refractivity contribution is 5.82. The first kappa shape index (κ1) is 20.5. The first-order valence-corrected chi connectivity index (χ1v) is 10.1. The summed E-state index contributed by atoms with van der Waals surface area (Å²) >= 11 is 0. The smallest absolute Gasteiger partial charge is 0.407 e. The fraction of sp³-hybridized carbons (Fsp3) is 0.200. The highest BCUT2D eigenvalue weighted by Crippen LogP contribution is 2.44. The average molecular weight is 417 g/mol. The number of carboxylic acid groups (broad SMARTS) is 1. The van der Waals surface area contributed by atoms with Gasteiger partial charge in [0.25, 0.3) is 0 Å². The van der Waals surface area contributed by atoms with Crippen LogP contribution in [0.4, 0.5) is 4.79 Å². The normalized spacial score (nSPS) is 14.2. The van der Waals surface area contributed by atoms with Crippen molar-refractivity contribution in [3.63, 3.8) is 0 Å². The third-order valence-corrected chi connectivity index (χ3v) is 5.80. The first-order chi connectivity index (χ1) is 15.0. The summed E-state index contributed by atoms with van der Waals surface area (Å²) in [5, 5.41) is 21.5. The van der Waals surface area contributed by atoms with Crippen LogP contribution in [-0.2, 0) is 9.53 Å². The molecule has 3 N–H and O–H groups in total. The molecular weight excluding hydrogens is 394 g/mol. The summed E-state index contributed by atoms with van der Waals surface area (Å²) < 4.78 is 5.47. The molecule has 2 atom stereocenters. The molecule has 0 radical (unpaired) electrons. The van der Waals surface area contributed by atoms with Crippen LogP contribution in [0.5, 0.6) is 5.75 Å². The van der Waals surface area contributed by atoms with E-state index in [4.69, 9.17) is 4.74 Å². The number of hydrogen-bond donors (Lipinski definition) is 3. The molecule has 0 aliphatic heterocycles. The van der Waals surface area contributed by atoms with E-state index in [0.717, 1.165) is 22.3 Å². The van der Waals surface area contributed by atoms with Crippen molar-refractivity contribution < 1.29 is 24.5 Å². The Kier molecular flexibility index (Phi) is 5.62. The minimum Gasteiger partial charge on any atom is -0.508 e. The number of aliphatic carboxylic acids is 1. The van der Waals surface area contributed by atoms with Crippen LogP contribution in [0.1, 0.15) is 35.4 Å². The van der Waals surface area contributed by atoms with Crippen molar-refractivity contribution >= 4 is 12.1 Å². The van der Waals surface area contributed by atoms with Gasteiger partial charge in [0.1, 0.15) is 18.4 Å². The monoisotopic (exact) mass is 417 g/mol. The van der Waals surface area contributed by atoms with E-state index in [2.05, 4.69) is 5.32 Å². The van der Waals surface area contributed by atoms with Crippen molar-refractivity contribution in [2.24, 2.45) is 0 Å². The largest absolute Gasteiger partial charge is 0.508 e. The zero-order valence-corrected chi connectivity index (χ0v) is 17.0. The number of fused-ring (bicyclic) bond motifs is 3. The molecule has 6 nitrogen and oxygen atoms in total. The van der Waals surface area contributed by atoms with Gasteiger partial charge in [-0.15, -0.1) is 0 Å². The number of phenols is 1. The highest BCUT2D eigenvalue weighted by atomic mass is 16.5. The van der Waals surface area contributed by atoms with E-state index in [1.165, 1.54) is 12.1 Å². The molecule has 1 amide bonds. The maximum absolute atomic E-state index is 12.5. The van der Waals surface area contributed by atoms with E-state index in [0.29, 0.717) is 5.56 Å². The molecule has 6 heteroatoms. The summed E-state index contributed by atoms with van der Waals surface area (Å²) in [5.41, 5.74) is 5.10. The summed E-state index contributed by atoms with van der Waals surface area (Å²) in [6.45, 7) is 1.81. The number of amides is 1. The molecule has 4 rings (SSSR count). The van der Waals surface area contributed by atoms with Crippen LogP contribution >= 0.6 is 0 Å². The number of carbonyl (C=O) groups is 2. The highest BCUT2D eigenvalue weighted by Gasteiger charge is 2.31. The Bertz CT molecular complexity index is 1060. The molecule has 0 saturated heterocycles. The van der Waals surface area contributed by atoms with E-state index in [1.54, 1.807) is 19.1 Å². The number of hydrogen-bond acceptors (Lipinski definition) is 4. The van der Waals surface area contributed by atoms with E-state index in [-0.39, 0.29) is 18.3 Å². The van der Waals surface area contributed by atoms with Gasteiger partial charge in [-0.25, -0.2) is 9.59 Å². The number of carboxylic acids is 1. The van der Waals surface area contributed by atoms with Crippen molar-refractivity contribution in [1.29, 1.82) is 0 Å². The second kappa shape index (κ2) is 8.52. The van der Waals surface area contributed by atoms with Gasteiger partial charge in [-0.3, -0.25) is 0 Å². The Labute approximate surface area is 180 Å². The van der Waals surface area contributed by atoms with Crippen LogP contribution in [0.15, 0.2) is 72.8 Å². The van der Waals surface area contributed by atoms with Crippen LogP contribution < -0.4 is 5.32 Å². The third kappa shape index (κ3) is 4.10. The van der Waals surface area contributed by atoms with Crippen molar-refractivity contribution in [1.82, 2.24) is 5.32 Å². The first-order valence-electron chi connectivity index (χ1n) is 10.1. The molecule has 1 aliphatic carbocycles. The molecule has 0 fully saturated rings. The third-order valence-electron chi connectivity index (χ3n) is 5.80. The minimum absolute atomic E-state index is 0.0901. The van der Waals surface area contributed by atoms with Gasteiger partial charge in [0.2, 0.25) is 0 Å². The summed E-state index contributed by atoms with van der Waals surface area (Å²) in [7, 11) is 0. The summed E-state index contributed by atoms with van der Waals surface area (Å²) in [6, 6.07) is 21.1. The van der Waals surface area contributed by atoms with E-state index in [9.17, 15) is 19.8 Å². The van der Waals surface area contributed by atoms with Gasteiger partial charge in [-0.2, -0.15) is 0 Å². The number of aromatic hydroxyl groups is 1. The van der Waals surface area contributed by atoms with Crippen LogP contribution in [0.3, 0.4) is 0 Å². The number of carbonyl (C=O) groups excluding carboxylic acids is 1. The molecule has 1 unspecified atom stereocenters. The van der Waals surface area contributed by atoms with Crippen molar-refractivity contribution in [3.05, 3.63) is 89.5 Å². The molecule has 1 aliphatic rings. The number of benzene rings is 3. The molecule has 0 aromatic heterocycles. The van der Waals surface area contributed by atoms with Gasteiger partial charge >= 0.3 is 12.1 Å². The lowest BCUT2D eigenvalue weighted by Gasteiger charge is -2.22. The quantitative estimate of drug-likeness (QED) is 0.549. The molecule has 3 aromatic carbocycles. The van der Waals surface area contributed by atoms with Crippen molar-refractivity contribution in [2.75, 3.05) is 6.61 Å². The molecule has 0 bridgehead atoms.